The van der Waals surface area contributed by atoms with Gasteiger partial charge in [-0.3, -0.25) is 4.79 Å². The molecule has 1 atom stereocenters. The molecule has 1 unspecified atom stereocenters. The summed E-state index contributed by atoms with van der Waals surface area (Å²) in [5.74, 6) is -0.219. The molecule has 92 valence electrons. The molecule has 0 radical (unpaired) electrons. The minimum Gasteiger partial charge on any atom is -0.411 e. The van der Waals surface area contributed by atoms with Crippen molar-refractivity contribution < 1.29 is 14.7 Å². The van der Waals surface area contributed by atoms with Gasteiger partial charge >= 0.3 is 0 Å². The van der Waals surface area contributed by atoms with Gasteiger partial charge < -0.3 is 15.3 Å². The average molecular weight is 236 g/mol. The summed E-state index contributed by atoms with van der Waals surface area (Å²) >= 11 is 0. The molecule has 17 heavy (non-hydrogen) atoms. The number of rotatable bonds is 4. The summed E-state index contributed by atoms with van der Waals surface area (Å²) in [7, 11) is 1.48. The first kappa shape index (κ1) is 13.2. The summed E-state index contributed by atoms with van der Waals surface area (Å²) in [6, 6.07) is 7.06. The molecule has 0 aromatic heterocycles. The summed E-state index contributed by atoms with van der Waals surface area (Å²) in [4.78, 5) is 11.6. The predicted octanol–water partition coefficient (Wildman–Crippen LogP) is 1.86. The molecule has 0 spiro atoms. The van der Waals surface area contributed by atoms with E-state index in [9.17, 15) is 4.79 Å². The Morgan fingerprint density at radius 1 is 1.53 bits per heavy atom. The van der Waals surface area contributed by atoms with Crippen LogP contribution in [0, 0.1) is 0 Å². The highest BCUT2D eigenvalue weighted by Crippen LogP contribution is 2.12. The molecular weight excluding hydrogens is 220 g/mol. The predicted molar refractivity (Wildman–Crippen MR) is 65.5 cm³/mol. The standard InChI is InChI=1S/C12H16N2O3/c1-8(14-16)10-5-4-6-11(7-10)13-12(15)9(2)17-3/h4-7,9,16H,1-3H3,(H,13,15)/b14-8+. The molecule has 1 aromatic rings. The molecule has 0 heterocycles. The molecule has 0 bridgehead atoms. The summed E-state index contributed by atoms with van der Waals surface area (Å²) in [6.07, 6.45) is -0.508. The van der Waals surface area contributed by atoms with Crippen molar-refractivity contribution in [3.8, 4) is 0 Å². The number of hydrogen-bond acceptors (Lipinski definition) is 4. The van der Waals surface area contributed by atoms with Crippen LogP contribution in [0.3, 0.4) is 0 Å². The van der Waals surface area contributed by atoms with E-state index in [4.69, 9.17) is 9.94 Å². The Labute approximate surface area is 100 Å². The average Bonchev–Trinajstić information content (AvgIpc) is 2.37. The fraction of sp³-hybridized carbons (Fsp3) is 0.333. The van der Waals surface area contributed by atoms with Gasteiger partial charge in [-0.2, -0.15) is 0 Å². The number of hydrogen-bond donors (Lipinski definition) is 2. The van der Waals surface area contributed by atoms with Crippen LogP contribution < -0.4 is 5.32 Å². The smallest absolute Gasteiger partial charge is 0.253 e. The third-order valence-corrected chi connectivity index (χ3v) is 2.42. The minimum atomic E-state index is -0.508. The Morgan fingerprint density at radius 2 is 2.24 bits per heavy atom. The highest BCUT2D eigenvalue weighted by Gasteiger charge is 2.11. The maximum Gasteiger partial charge on any atom is 0.253 e. The van der Waals surface area contributed by atoms with Gasteiger partial charge in [-0.05, 0) is 26.0 Å². The molecular formula is C12H16N2O3. The third kappa shape index (κ3) is 3.57. The number of carbonyl (C=O) groups excluding carboxylic acids is 1. The Balaban J connectivity index is 2.83. The molecule has 1 rings (SSSR count). The lowest BCUT2D eigenvalue weighted by molar-refractivity contribution is -0.124. The van der Waals surface area contributed by atoms with E-state index < -0.39 is 6.10 Å². The van der Waals surface area contributed by atoms with Gasteiger partial charge in [0.05, 0.1) is 5.71 Å². The van der Waals surface area contributed by atoms with E-state index >= 15 is 0 Å². The SMILES string of the molecule is COC(C)C(=O)Nc1cccc(/C(C)=N/O)c1. The highest BCUT2D eigenvalue weighted by molar-refractivity contribution is 6.00. The Bertz CT molecular complexity index is 430. The normalized spacial score (nSPS) is 13.2. The van der Waals surface area contributed by atoms with Crippen LogP contribution in [0.2, 0.25) is 0 Å². The van der Waals surface area contributed by atoms with Crippen LogP contribution in [0.5, 0.6) is 0 Å². The van der Waals surface area contributed by atoms with Crippen molar-refractivity contribution in [2.75, 3.05) is 12.4 Å². The summed E-state index contributed by atoms with van der Waals surface area (Å²) in [5.41, 5.74) is 1.87. The number of benzene rings is 1. The molecule has 0 aliphatic heterocycles. The van der Waals surface area contributed by atoms with Crippen molar-refractivity contribution in [1.82, 2.24) is 0 Å². The second-order valence-corrected chi connectivity index (χ2v) is 3.63. The van der Waals surface area contributed by atoms with E-state index in [0.717, 1.165) is 5.56 Å². The largest absolute Gasteiger partial charge is 0.411 e. The van der Waals surface area contributed by atoms with Crippen LogP contribution in [0.4, 0.5) is 5.69 Å². The van der Waals surface area contributed by atoms with E-state index in [-0.39, 0.29) is 5.91 Å². The Kier molecular flexibility index (Phi) is 4.66. The number of nitrogens with zero attached hydrogens (tertiary/aromatic N) is 1. The van der Waals surface area contributed by atoms with Crippen LogP contribution in [-0.2, 0) is 9.53 Å². The van der Waals surface area contributed by atoms with Crippen molar-refractivity contribution in [2.24, 2.45) is 5.16 Å². The van der Waals surface area contributed by atoms with Gasteiger partial charge in [0, 0.05) is 18.4 Å². The highest BCUT2D eigenvalue weighted by atomic mass is 16.5. The maximum absolute atomic E-state index is 11.6. The first-order valence-electron chi connectivity index (χ1n) is 5.21. The summed E-state index contributed by atoms with van der Waals surface area (Å²) < 4.78 is 4.91. The number of oxime groups is 1. The van der Waals surface area contributed by atoms with Gasteiger partial charge in [-0.1, -0.05) is 17.3 Å². The van der Waals surface area contributed by atoms with Gasteiger partial charge in [0.25, 0.3) is 5.91 Å². The number of anilines is 1. The Hall–Kier alpha value is -1.88. The Morgan fingerprint density at radius 3 is 2.82 bits per heavy atom. The number of methoxy groups -OCH3 is 1. The monoisotopic (exact) mass is 236 g/mol. The second kappa shape index (κ2) is 6.00. The van der Waals surface area contributed by atoms with E-state index in [2.05, 4.69) is 10.5 Å². The van der Waals surface area contributed by atoms with Crippen molar-refractivity contribution in [2.45, 2.75) is 20.0 Å². The molecule has 0 saturated carbocycles. The summed E-state index contributed by atoms with van der Waals surface area (Å²) in [5, 5.41) is 14.5. The van der Waals surface area contributed by atoms with Crippen molar-refractivity contribution >= 4 is 17.3 Å². The van der Waals surface area contributed by atoms with Crippen molar-refractivity contribution in [3.63, 3.8) is 0 Å². The van der Waals surface area contributed by atoms with Gasteiger partial charge in [-0.15, -0.1) is 0 Å². The lowest BCUT2D eigenvalue weighted by Crippen LogP contribution is -2.26. The molecule has 0 saturated heterocycles. The fourth-order valence-corrected chi connectivity index (χ4v) is 1.23. The van der Waals surface area contributed by atoms with Crippen molar-refractivity contribution in [3.05, 3.63) is 29.8 Å². The zero-order valence-electron chi connectivity index (χ0n) is 10.1. The van der Waals surface area contributed by atoms with Gasteiger partial charge in [-0.25, -0.2) is 0 Å². The molecule has 5 heteroatoms. The third-order valence-electron chi connectivity index (χ3n) is 2.42. The molecule has 5 nitrogen and oxygen atoms in total. The van der Waals surface area contributed by atoms with Crippen LogP contribution in [0.15, 0.2) is 29.4 Å². The van der Waals surface area contributed by atoms with Crippen LogP contribution in [-0.4, -0.2) is 30.0 Å². The maximum atomic E-state index is 11.6. The fourth-order valence-electron chi connectivity index (χ4n) is 1.23. The zero-order valence-corrected chi connectivity index (χ0v) is 10.1. The topological polar surface area (TPSA) is 70.9 Å². The molecule has 2 N–H and O–H groups in total. The molecule has 0 aliphatic rings. The van der Waals surface area contributed by atoms with Gasteiger partial charge in [0.15, 0.2) is 0 Å². The van der Waals surface area contributed by atoms with Crippen LogP contribution >= 0.6 is 0 Å². The van der Waals surface area contributed by atoms with E-state index in [0.29, 0.717) is 11.4 Å². The quantitative estimate of drug-likeness (QED) is 0.476. The number of nitrogens with one attached hydrogen (secondary N) is 1. The van der Waals surface area contributed by atoms with E-state index in [1.54, 1.807) is 38.1 Å². The number of amides is 1. The first-order chi connectivity index (χ1) is 8.08. The molecule has 1 amide bonds. The van der Waals surface area contributed by atoms with Crippen molar-refractivity contribution in [1.29, 1.82) is 0 Å². The van der Waals surface area contributed by atoms with Crippen LogP contribution in [0.1, 0.15) is 19.4 Å². The van der Waals surface area contributed by atoms with Gasteiger partial charge in [0.1, 0.15) is 6.10 Å². The second-order valence-electron chi connectivity index (χ2n) is 3.63. The molecule has 0 fully saturated rings. The zero-order chi connectivity index (χ0) is 12.8. The van der Waals surface area contributed by atoms with Crippen LogP contribution in [0.25, 0.3) is 0 Å². The molecule has 1 aromatic carbocycles. The first-order valence-corrected chi connectivity index (χ1v) is 5.21. The lowest BCUT2D eigenvalue weighted by Gasteiger charge is -2.11. The minimum absolute atomic E-state index is 0.219. The molecule has 0 aliphatic carbocycles. The van der Waals surface area contributed by atoms with E-state index in [1.807, 2.05) is 0 Å². The van der Waals surface area contributed by atoms with Gasteiger partial charge in [0.2, 0.25) is 0 Å². The lowest BCUT2D eigenvalue weighted by atomic mass is 10.1. The number of ether oxygens (including phenoxy) is 1. The van der Waals surface area contributed by atoms with E-state index in [1.165, 1.54) is 7.11 Å². The number of carbonyl (C=O) groups is 1. The summed E-state index contributed by atoms with van der Waals surface area (Å²) in [6.45, 7) is 3.35.